The van der Waals surface area contributed by atoms with Crippen LogP contribution in [0.15, 0.2) is 55.2 Å². The molecule has 1 amide bonds. The summed E-state index contributed by atoms with van der Waals surface area (Å²) < 4.78 is 0. The van der Waals surface area contributed by atoms with Crippen LogP contribution in [0.3, 0.4) is 0 Å². The molecule has 0 bridgehead atoms. The van der Waals surface area contributed by atoms with Gasteiger partial charge in [0.25, 0.3) is 0 Å². The van der Waals surface area contributed by atoms with Crippen molar-refractivity contribution in [2.45, 2.75) is 32.1 Å². The summed E-state index contributed by atoms with van der Waals surface area (Å²) in [5.41, 5.74) is 5.00. The molecule has 4 rings (SSSR count). The number of hydrogen-bond donors (Lipinski definition) is 0. The molecular weight excluding hydrogens is 350 g/mol. The molecule has 0 aromatic carbocycles. The number of hydrogen-bond acceptors (Lipinski definition) is 5. The number of piperidine rings is 1. The van der Waals surface area contributed by atoms with Gasteiger partial charge < -0.3 is 4.90 Å². The molecule has 3 aromatic heterocycles. The molecule has 0 saturated carbocycles. The van der Waals surface area contributed by atoms with Gasteiger partial charge in [-0.15, -0.1) is 0 Å². The van der Waals surface area contributed by atoms with Gasteiger partial charge in [0, 0.05) is 60.2 Å². The third-order valence-corrected chi connectivity index (χ3v) is 5.19. The minimum atomic E-state index is 0.150. The topological polar surface area (TPSA) is 71.9 Å². The Morgan fingerprint density at radius 3 is 2.61 bits per heavy atom. The lowest BCUT2D eigenvalue weighted by Gasteiger charge is -2.32. The van der Waals surface area contributed by atoms with Crippen LogP contribution in [-0.2, 0) is 11.2 Å². The number of amides is 1. The molecule has 4 heterocycles. The van der Waals surface area contributed by atoms with Gasteiger partial charge >= 0.3 is 0 Å². The normalized spacial score (nSPS) is 14.8. The van der Waals surface area contributed by atoms with Crippen molar-refractivity contribution in [1.29, 1.82) is 0 Å². The largest absolute Gasteiger partial charge is 0.342 e. The van der Waals surface area contributed by atoms with Gasteiger partial charge in [-0.1, -0.05) is 6.07 Å². The van der Waals surface area contributed by atoms with Crippen molar-refractivity contribution in [3.05, 3.63) is 72.3 Å². The van der Waals surface area contributed by atoms with Gasteiger partial charge in [-0.2, -0.15) is 0 Å². The van der Waals surface area contributed by atoms with Crippen molar-refractivity contribution in [3.8, 4) is 11.1 Å². The molecule has 6 heteroatoms. The smallest absolute Gasteiger partial charge is 0.228 e. The molecule has 1 aliphatic rings. The zero-order chi connectivity index (χ0) is 19.3. The zero-order valence-corrected chi connectivity index (χ0v) is 16.0. The summed E-state index contributed by atoms with van der Waals surface area (Å²) in [6.07, 6.45) is 9.13. The van der Waals surface area contributed by atoms with Gasteiger partial charge in [0.15, 0.2) is 0 Å². The second kappa shape index (κ2) is 8.25. The summed E-state index contributed by atoms with van der Waals surface area (Å²) >= 11 is 0. The van der Waals surface area contributed by atoms with Crippen LogP contribution in [0.1, 0.15) is 35.8 Å². The average molecular weight is 373 g/mol. The van der Waals surface area contributed by atoms with Gasteiger partial charge in [0.2, 0.25) is 5.91 Å². The summed E-state index contributed by atoms with van der Waals surface area (Å²) in [6.45, 7) is 3.54. The van der Waals surface area contributed by atoms with Gasteiger partial charge in [-0.05, 0) is 49.6 Å². The van der Waals surface area contributed by atoms with E-state index in [1.807, 2.05) is 42.4 Å². The summed E-state index contributed by atoms with van der Waals surface area (Å²) in [6, 6.07) is 9.89. The molecule has 0 N–H and O–H groups in total. The van der Waals surface area contributed by atoms with E-state index in [2.05, 4.69) is 27.1 Å². The summed E-state index contributed by atoms with van der Waals surface area (Å²) in [5.74, 6) is 0.513. The molecular formula is C22H23N5O. The van der Waals surface area contributed by atoms with Gasteiger partial charge in [0.05, 0.1) is 6.42 Å². The molecule has 0 atom stereocenters. The van der Waals surface area contributed by atoms with Crippen molar-refractivity contribution in [3.63, 3.8) is 0 Å². The standard InChI is InChI=1S/C22H23N5O/c1-16-10-18(19-13-23-15-24-14-19)11-21(26-16)17-5-8-27(9-6-17)22(28)12-20-4-2-3-7-25-20/h2-4,7,10-11,13-15,17H,5-6,8-9,12H2,1H3. The molecule has 0 spiro atoms. The number of nitrogens with zero attached hydrogens (tertiary/aromatic N) is 5. The molecule has 142 valence electrons. The van der Waals surface area contributed by atoms with Crippen molar-refractivity contribution in [2.24, 2.45) is 0 Å². The lowest BCUT2D eigenvalue weighted by Crippen LogP contribution is -2.39. The van der Waals surface area contributed by atoms with Crippen LogP contribution in [0.5, 0.6) is 0 Å². The van der Waals surface area contributed by atoms with E-state index in [0.29, 0.717) is 12.3 Å². The fourth-order valence-corrected chi connectivity index (χ4v) is 3.71. The number of aromatic nitrogens is 4. The first-order valence-corrected chi connectivity index (χ1v) is 9.61. The number of pyridine rings is 2. The molecule has 1 saturated heterocycles. The van der Waals surface area contributed by atoms with E-state index < -0.39 is 0 Å². The first-order valence-electron chi connectivity index (χ1n) is 9.61. The van der Waals surface area contributed by atoms with E-state index >= 15 is 0 Å². The molecule has 3 aromatic rings. The Kier molecular flexibility index (Phi) is 5.37. The van der Waals surface area contributed by atoms with Gasteiger partial charge in [0.1, 0.15) is 6.33 Å². The highest BCUT2D eigenvalue weighted by Gasteiger charge is 2.25. The number of aryl methyl sites for hydroxylation is 1. The van der Waals surface area contributed by atoms with Crippen molar-refractivity contribution in [1.82, 2.24) is 24.8 Å². The lowest BCUT2D eigenvalue weighted by molar-refractivity contribution is -0.131. The molecule has 0 radical (unpaired) electrons. The van der Waals surface area contributed by atoms with Gasteiger partial charge in [-0.25, -0.2) is 9.97 Å². The fourth-order valence-electron chi connectivity index (χ4n) is 3.71. The Morgan fingerprint density at radius 2 is 1.89 bits per heavy atom. The average Bonchev–Trinajstić information content (AvgIpc) is 2.75. The number of rotatable bonds is 4. The Labute approximate surface area is 164 Å². The van der Waals surface area contributed by atoms with Crippen molar-refractivity contribution in [2.75, 3.05) is 13.1 Å². The minimum Gasteiger partial charge on any atom is -0.342 e. The van der Waals surface area contributed by atoms with Crippen LogP contribution in [0.2, 0.25) is 0 Å². The van der Waals surface area contributed by atoms with Crippen LogP contribution in [0, 0.1) is 6.92 Å². The number of likely N-dealkylation sites (tertiary alicyclic amines) is 1. The summed E-state index contributed by atoms with van der Waals surface area (Å²) in [4.78, 5) is 31.8. The second-order valence-electron chi connectivity index (χ2n) is 7.20. The summed E-state index contributed by atoms with van der Waals surface area (Å²) in [5, 5.41) is 0. The molecule has 6 nitrogen and oxygen atoms in total. The highest BCUT2D eigenvalue weighted by Crippen LogP contribution is 2.30. The van der Waals surface area contributed by atoms with Crippen LogP contribution in [0.4, 0.5) is 0 Å². The Balaban J connectivity index is 1.42. The Hall–Kier alpha value is -3.15. The van der Waals surface area contributed by atoms with E-state index in [0.717, 1.165) is 54.1 Å². The molecule has 0 unspecified atom stereocenters. The van der Waals surface area contributed by atoms with Crippen LogP contribution < -0.4 is 0 Å². The predicted octanol–water partition coefficient (Wildman–Crippen LogP) is 3.19. The van der Waals surface area contributed by atoms with E-state index in [1.165, 1.54) is 6.33 Å². The molecule has 28 heavy (non-hydrogen) atoms. The predicted molar refractivity (Wildman–Crippen MR) is 106 cm³/mol. The van der Waals surface area contributed by atoms with E-state index in [4.69, 9.17) is 4.98 Å². The fraction of sp³-hybridized carbons (Fsp3) is 0.318. The van der Waals surface area contributed by atoms with Crippen LogP contribution in [-0.4, -0.2) is 43.8 Å². The first kappa shape index (κ1) is 18.2. The lowest BCUT2D eigenvalue weighted by atomic mass is 9.91. The third kappa shape index (κ3) is 4.22. The monoisotopic (exact) mass is 373 g/mol. The van der Waals surface area contributed by atoms with E-state index in [-0.39, 0.29) is 5.91 Å². The Morgan fingerprint density at radius 1 is 1.11 bits per heavy atom. The van der Waals surface area contributed by atoms with Crippen molar-refractivity contribution >= 4 is 5.91 Å². The number of carbonyl (C=O) groups is 1. The zero-order valence-electron chi connectivity index (χ0n) is 16.0. The first-order chi connectivity index (χ1) is 13.7. The minimum absolute atomic E-state index is 0.150. The Bertz CT molecular complexity index is 938. The highest BCUT2D eigenvalue weighted by molar-refractivity contribution is 5.78. The second-order valence-corrected chi connectivity index (χ2v) is 7.20. The quantitative estimate of drug-likeness (QED) is 0.702. The molecule has 0 aliphatic carbocycles. The van der Waals surface area contributed by atoms with E-state index in [1.54, 1.807) is 6.20 Å². The van der Waals surface area contributed by atoms with Crippen LogP contribution >= 0.6 is 0 Å². The van der Waals surface area contributed by atoms with Crippen molar-refractivity contribution < 1.29 is 4.79 Å². The molecule has 1 aliphatic heterocycles. The third-order valence-electron chi connectivity index (χ3n) is 5.19. The van der Waals surface area contributed by atoms with Crippen LogP contribution in [0.25, 0.3) is 11.1 Å². The molecule has 1 fully saturated rings. The van der Waals surface area contributed by atoms with E-state index in [9.17, 15) is 4.79 Å². The maximum atomic E-state index is 12.6. The summed E-state index contributed by atoms with van der Waals surface area (Å²) in [7, 11) is 0. The number of carbonyl (C=O) groups excluding carboxylic acids is 1. The SMILES string of the molecule is Cc1cc(-c2cncnc2)cc(C2CCN(C(=O)Cc3ccccn3)CC2)n1. The maximum absolute atomic E-state index is 12.6. The van der Waals surface area contributed by atoms with Gasteiger partial charge in [-0.3, -0.25) is 14.8 Å². The highest BCUT2D eigenvalue weighted by atomic mass is 16.2. The maximum Gasteiger partial charge on any atom is 0.228 e.